The first-order valence-electron chi connectivity index (χ1n) is 8.75. The molecule has 0 amide bonds. The number of nitro groups is 1. The molecule has 0 radical (unpaired) electrons. The van der Waals surface area contributed by atoms with Gasteiger partial charge in [-0.25, -0.2) is 12.8 Å². The van der Waals surface area contributed by atoms with Gasteiger partial charge in [0.25, 0.3) is 5.69 Å². The summed E-state index contributed by atoms with van der Waals surface area (Å²) in [6.07, 6.45) is 0.227. The average Bonchev–Trinajstić information content (AvgIpc) is 3.22. The third-order valence-electron chi connectivity index (χ3n) is 4.61. The van der Waals surface area contributed by atoms with Gasteiger partial charge in [0.2, 0.25) is 10.0 Å². The van der Waals surface area contributed by atoms with Crippen LogP contribution in [0.1, 0.15) is 24.5 Å². The minimum absolute atomic E-state index is 0.0702. The van der Waals surface area contributed by atoms with Crippen LogP contribution in [0.2, 0.25) is 0 Å². The van der Waals surface area contributed by atoms with Gasteiger partial charge >= 0.3 is 0 Å². The molecule has 2 aromatic carbocycles. The summed E-state index contributed by atoms with van der Waals surface area (Å²) < 4.78 is 41.0. The molecule has 150 valence electrons. The van der Waals surface area contributed by atoms with Crippen LogP contribution in [0, 0.1) is 15.9 Å². The number of nitrogens with one attached hydrogen (secondary N) is 1. The smallest absolute Gasteiger partial charge is 0.270 e. The lowest BCUT2D eigenvalue weighted by Crippen LogP contribution is -2.29. The Morgan fingerprint density at radius 1 is 1.21 bits per heavy atom. The summed E-state index contributed by atoms with van der Waals surface area (Å²) in [5, 5.41) is 24.1. The minimum atomic E-state index is -3.94. The summed E-state index contributed by atoms with van der Waals surface area (Å²) in [7, 11) is -3.94. The van der Waals surface area contributed by atoms with Crippen molar-refractivity contribution in [3.8, 4) is 0 Å². The topological polar surface area (TPSA) is 113 Å². The van der Waals surface area contributed by atoms with E-state index in [0.29, 0.717) is 13.1 Å². The van der Waals surface area contributed by atoms with Crippen LogP contribution < -0.4 is 5.32 Å². The number of nitro benzene ring substituents is 1. The van der Waals surface area contributed by atoms with Crippen LogP contribution in [-0.2, 0) is 10.0 Å². The number of aliphatic hydroxyl groups excluding tert-OH is 1. The Kier molecular flexibility index (Phi) is 5.92. The number of halogens is 1. The molecular formula is C18H20FN3O5S. The molecule has 2 N–H and O–H groups in total. The van der Waals surface area contributed by atoms with E-state index in [0.717, 1.165) is 18.9 Å². The molecule has 1 aliphatic rings. The molecule has 0 aliphatic carbocycles. The van der Waals surface area contributed by atoms with Crippen LogP contribution in [0.4, 0.5) is 15.8 Å². The van der Waals surface area contributed by atoms with Crippen LogP contribution in [0.15, 0.2) is 47.4 Å². The molecule has 8 nitrogen and oxygen atoms in total. The number of hydrogen-bond acceptors (Lipinski definition) is 6. The van der Waals surface area contributed by atoms with Gasteiger partial charge in [0, 0.05) is 37.3 Å². The molecule has 1 aliphatic heterocycles. The molecule has 1 atom stereocenters. The Hall–Kier alpha value is -2.56. The Labute approximate surface area is 161 Å². The van der Waals surface area contributed by atoms with E-state index < -0.39 is 26.9 Å². The van der Waals surface area contributed by atoms with Crippen molar-refractivity contribution in [2.45, 2.75) is 23.8 Å². The van der Waals surface area contributed by atoms with Crippen LogP contribution in [-0.4, -0.2) is 42.4 Å². The van der Waals surface area contributed by atoms with Crippen molar-refractivity contribution in [2.75, 3.05) is 25.0 Å². The summed E-state index contributed by atoms with van der Waals surface area (Å²) >= 11 is 0. The maximum absolute atomic E-state index is 13.8. The number of nitrogens with zero attached hydrogens (tertiary/aromatic N) is 2. The van der Waals surface area contributed by atoms with Gasteiger partial charge in [0.15, 0.2) is 0 Å². The van der Waals surface area contributed by atoms with Gasteiger partial charge in [0.05, 0.1) is 16.7 Å². The number of hydrogen-bond donors (Lipinski definition) is 2. The Morgan fingerprint density at radius 2 is 1.89 bits per heavy atom. The summed E-state index contributed by atoms with van der Waals surface area (Å²) in [5.74, 6) is -0.578. The summed E-state index contributed by atoms with van der Waals surface area (Å²) in [4.78, 5) is 10.2. The molecule has 0 aromatic heterocycles. The molecule has 0 saturated carbocycles. The lowest BCUT2D eigenvalue weighted by atomic mass is 10.1. The van der Waals surface area contributed by atoms with Crippen molar-refractivity contribution in [1.29, 1.82) is 0 Å². The van der Waals surface area contributed by atoms with Gasteiger partial charge in [0.1, 0.15) is 10.7 Å². The van der Waals surface area contributed by atoms with E-state index in [1.807, 2.05) is 0 Å². The Morgan fingerprint density at radius 3 is 2.54 bits per heavy atom. The second-order valence-electron chi connectivity index (χ2n) is 6.47. The normalized spacial score (nSPS) is 16.1. The third kappa shape index (κ3) is 4.13. The zero-order valence-electron chi connectivity index (χ0n) is 14.9. The van der Waals surface area contributed by atoms with E-state index in [2.05, 4.69) is 5.32 Å². The SMILES string of the molecule is O=[N+]([O-])c1ccc(NCC(O)c2ccccc2F)c(S(=O)(=O)N2CCCC2)c1. The molecule has 1 unspecified atom stereocenters. The van der Waals surface area contributed by atoms with Crippen molar-refractivity contribution in [3.63, 3.8) is 0 Å². The summed E-state index contributed by atoms with van der Waals surface area (Å²) in [5.41, 5.74) is -0.160. The summed E-state index contributed by atoms with van der Waals surface area (Å²) in [6.45, 7) is 0.534. The van der Waals surface area contributed by atoms with Crippen molar-refractivity contribution in [3.05, 3.63) is 64.0 Å². The lowest BCUT2D eigenvalue weighted by molar-refractivity contribution is -0.385. The fourth-order valence-corrected chi connectivity index (χ4v) is 4.82. The van der Waals surface area contributed by atoms with Gasteiger partial charge in [-0.05, 0) is 25.0 Å². The number of non-ortho nitro benzene ring substituents is 1. The number of sulfonamides is 1. The highest BCUT2D eigenvalue weighted by molar-refractivity contribution is 7.89. The van der Waals surface area contributed by atoms with Crippen molar-refractivity contribution >= 4 is 21.4 Å². The highest BCUT2D eigenvalue weighted by Gasteiger charge is 2.31. The first kappa shape index (κ1) is 20.2. The Bertz CT molecular complexity index is 977. The first-order valence-corrected chi connectivity index (χ1v) is 10.2. The Balaban J connectivity index is 1.90. The number of benzene rings is 2. The first-order chi connectivity index (χ1) is 13.3. The molecular weight excluding hydrogens is 389 g/mol. The molecule has 1 heterocycles. The lowest BCUT2D eigenvalue weighted by Gasteiger charge is -2.20. The fraction of sp³-hybridized carbons (Fsp3) is 0.333. The maximum atomic E-state index is 13.8. The van der Waals surface area contributed by atoms with E-state index in [-0.39, 0.29) is 28.4 Å². The molecule has 3 rings (SSSR count). The highest BCUT2D eigenvalue weighted by Crippen LogP contribution is 2.31. The van der Waals surface area contributed by atoms with Crippen molar-refractivity contribution in [2.24, 2.45) is 0 Å². The average molecular weight is 409 g/mol. The number of aliphatic hydroxyl groups is 1. The van der Waals surface area contributed by atoms with Gasteiger partial charge in [-0.3, -0.25) is 10.1 Å². The molecule has 2 aromatic rings. The van der Waals surface area contributed by atoms with Crippen LogP contribution >= 0.6 is 0 Å². The standard InChI is InChI=1S/C18H20FN3O5S/c19-15-6-2-1-5-14(15)17(23)12-20-16-8-7-13(22(24)25)11-18(16)28(26,27)21-9-3-4-10-21/h1-2,5-8,11,17,20,23H,3-4,9-10,12H2. The van der Waals surface area contributed by atoms with E-state index in [1.165, 1.54) is 34.6 Å². The summed E-state index contributed by atoms with van der Waals surface area (Å²) in [6, 6.07) is 9.20. The zero-order valence-corrected chi connectivity index (χ0v) is 15.7. The highest BCUT2D eigenvalue weighted by atomic mass is 32.2. The van der Waals surface area contributed by atoms with Gasteiger partial charge in [-0.1, -0.05) is 18.2 Å². The van der Waals surface area contributed by atoms with Crippen LogP contribution in [0.5, 0.6) is 0 Å². The molecule has 0 spiro atoms. The molecule has 28 heavy (non-hydrogen) atoms. The van der Waals surface area contributed by atoms with Crippen molar-refractivity contribution < 1.29 is 22.8 Å². The maximum Gasteiger partial charge on any atom is 0.270 e. The predicted molar refractivity (Wildman–Crippen MR) is 101 cm³/mol. The third-order valence-corrected chi connectivity index (χ3v) is 6.55. The second-order valence-corrected chi connectivity index (χ2v) is 8.37. The fourth-order valence-electron chi connectivity index (χ4n) is 3.11. The van der Waals surface area contributed by atoms with Gasteiger partial charge in [-0.15, -0.1) is 0 Å². The van der Waals surface area contributed by atoms with E-state index in [1.54, 1.807) is 6.07 Å². The van der Waals surface area contributed by atoms with E-state index in [4.69, 9.17) is 0 Å². The van der Waals surface area contributed by atoms with Gasteiger partial charge in [-0.2, -0.15) is 4.31 Å². The largest absolute Gasteiger partial charge is 0.386 e. The molecule has 1 saturated heterocycles. The molecule has 0 bridgehead atoms. The van der Waals surface area contributed by atoms with Crippen LogP contribution in [0.3, 0.4) is 0 Å². The van der Waals surface area contributed by atoms with Crippen LogP contribution in [0.25, 0.3) is 0 Å². The molecule has 1 fully saturated rings. The second kappa shape index (κ2) is 8.21. The van der Waals surface area contributed by atoms with E-state index >= 15 is 0 Å². The predicted octanol–water partition coefficient (Wildman–Crippen LogP) is 2.66. The monoisotopic (exact) mass is 409 g/mol. The quantitative estimate of drug-likeness (QED) is 0.537. The van der Waals surface area contributed by atoms with E-state index in [9.17, 15) is 28.0 Å². The minimum Gasteiger partial charge on any atom is -0.386 e. The number of rotatable bonds is 7. The zero-order chi connectivity index (χ0) is 20.3. The molecule has 10 heteroatoms. The number of anilines is 1. The van der Waals surface area contributed by atoms with Gasteiger partial charge < -0.3 is 10.4 Å². The van der Waals surface area contributed by atoms with Crippen molar-refractivity contribution in [1.82, 2.24) is 4.31 Å².